The quantitative estimate of drug-likeness (QED) is 0.772. The molecule has 1 atom stereocenters. The van der Waals surface area contributed by atoms with Crippen LogP contribution in [0.3, 0.4) is 0 Å². The van der Waals surface area contributed by atoms with E-state index in [2.05, 4.69) is 15.0 Å². The van der Waals surface area contributed by atoms with E-state index in [9.17, 15) is 31.1 Å². The molecule has 5 nitrogen and oxygen atoms in total. The summed E-state index contributed by atoms with van der Waals surface area (Å²) in [6.45, 7) is -0.117. The molecule has 1 heterocycles. The van der Waals surface area contributed by atoms with Crippen LogP contribution in [0.5, 0.6) is 0 Å². The number of benzene rings is 1. The lowest BCUT2D eigenvalue weighted by molar-refractivity contribution is -0.143. The van der Waals surface area contributed by atoms with Crippen LogP contribution < -0.4 is 5.32 Å². The Morgan fingerprint density at radius 1 is 1.16 bits per heavy atom. The number of alkyl halides is 6. The van der Waals surface area contributed by atoms with Gasteiger partial charge in [-0.25, -0.2) is 4.79 Å². The zero-order valence-corrected chi connectivity index (χ0v) is 13.0. The molecule has 11 heteroatoms. The van der Waals surface area contributed by atoms with Crippen molar-refractivity contribution in [3.8, 4) is 0 Å². The summed E-state index contributed by atoms with van der Waals surface area (Å²) < 4.78 is 82.0. The first-order valence-corrected chi connectivity index (χ1v) is 6.85. The van der Waals surface area contributed by atoms with Gasteiger partial charge in [-0.1, -0.05) is 0 Å². The first-order valence-electron chi connectivity index (χ1n) is 6.85. The van der Waals surface area contributed by atoms with Crippen molar-refractivity contribution in [3.63, 3.8) is 0 Å². The SMILES string of the molecule is COC(=O)NC1=NCC(c2cc(C(F)(F)F)cc(C(F)(F)F)c2)N1C. The summed E-state index contributed by atoms with van der Waals surface area (Å²) in [5.74, 6) is -0.0113. The lowest BCUT2D eigenvalue weighted by Gasteiger charge is -2.25. The number of aliphatic imine (C=N–C) groups is 1. The molecule has 0 saturated carbocycles. The molecule has 138 valence electrons. The Morgan fingerprint density at radius 2 is 1.68 bits per heavy atom. The normalized spacial score (nSPS) is 18.2. The maximum absolute atomic E-state index is 12.9. The highest BCUT2D eigenvalue weighted by atomic mass is 19.4. The highest BCUT2D eigenvalue weighted by Crippen LogP contribution is 2.38. The molecule has 0 fully saturated rings. The minimum Gasteiger partial charge on any atom is -0.453 e. The van der Waals surface area contributed by atoms with E-state index >= 15 is 0 Å². The van der Waals surface area contributed by atoms with Crippen LogP contribution >= 0.6 is 0 Å². The average Bonchev–Trinajstić information content (AvgIpc) is 2.86. The summed E-state index contributed by atoms with van der Waals surface area (Å²) in [7, 11) is 2.49. The summed E-state index contributed by atoms with van der Waals surface area (Å²) in [6, 6.07) is 0.461. The molecule has 0 aromatic heterocycles. The second kappa shape index (κ2) is 6.45. The second-order valence-corrected chi connectivity index (χ2v) is 5.25. The number of amides is 1. The topological polar surface area (TPSA) is 53.9 Å². The van der Waals surface area contributed by atoms with E-state index in [1.807, 2.05) is 0 Å². The third kappa shape index (κ3) is 4.15. The van der Waals surface area contributed by atoms with Crippen molar-refractivity contribution >= 4 is 12.1 Å². The lowest BCUT2D eigenvalue weighted by Crippen LogP contribution is -2.40. The number of hydrogen-bond acceptors (Lipinski definition) is 4. The van der Waals surface area contributed by atoms with Gasteiger partial charge in [0.1, 0.15) is 0 Å². The number of ether oxygens (including phenoxy) is 1. The number of hydrogen-bond donors (Lipinski definition) is 1. The second-order valence-electron chi connectivity index (χ2n) is 5.25. The maximum atomic E-state index is 12.9. The molecule has 1 aromatic rings. The standard InChI is InChI=1S/C14H13F6N3O2/c1-23-10(6-21-11(23)22-12(24)25-2)7-3-8(13(15,16)17)5-9(4-7)14(18,19)20/h3-5,10H,6H2,1-2H3,(H,21,22,24). The van der Waals surface area contributed by atoms with E-state index in [-0.39, 0.29) is 24.1 Å². The predicted molar refractivity (Wildman–Crippen MR) is 74.8 cm³/mol. The van der Waals surface area contributed by atoms with Crippen LogP contribution in [0.1, 0.15) is 22.7 Å². The number of methoxy groups -OCH3 is 1. The number of nitrogens with zero attached hydrogens (tertiary/aromatic N) is 2. The third-order valence-corrected chi connectivity index (χ3v) is 3.61. The molecule has 25 heavy (non-hydrogen) atoms. The number of halogens is 6. The van der Waals surface area contributed by atoms with Gasteiger partial charge < -0.3 is 9.64 Å². The summed E-state index contributed by atoms with van der Waals surface area (Å²) >= 11 is 0. The van der Waals surface area contributed by atoms with Gasteiger partial charge in [0.25, 0.3) is 0 Å². The largest absolute Gasteiger partial charge is 0.453 e. The summed E-state index contributed by atoms with van der Waals surface area (Å²) in [5, 5.41) is 2.24. The van der Waals surface area contributed by atoms with Crippen LogP contribution in [0.4, 0.5) is 31.1 Å². The fourth-order valence-electron chi connectivity index (χ4n) is 2.32. The van der Waals surface area contributed by atoms with Crippen molar-refractivity contribution in [1.82, 2.24) is 10.2 Å². The number of carbonyl (C=O) groups is 1. The van der Waals surface area contributed by atoms with Crippen molar-refractivity contribution in [1.29, 1.82) is 0 Å². The Bertz CT molecular complexity index is 667. The number of nitrogens with one attached hydrogen (secondary N) is 1. The Kier molecular flexibility index (Phi) is 4.87. The molecular weight excluding hydrogens is 356 g/mol. The smallest absolute Gasteiger partial charge is 0.416 e. The van der Waals surface area contributed by atoms with Crippen LogP contribution in [0.2, 0.25) is 0 Å². The van der Waals surface area contributed by atoms with E-state index in [1.165, 1.54) is 11.9 Å². The molecule has 0 radical (unpaired) electrons. The van der Waals surface area contributed by atoms with Crippen LogP contribution in [-0.4, -0.2) is 37.7 Å². The zero-order chi connectivity index (χ0) is 19.0. The Labute approximate surface area is 138 Å². The van der Waals surface area contributed by atoms with Gasteiger partial charge in [-0.05, 0) is 23.8 Å². The molecule has 1 aliphatic heterocycles. The average molecular weight is 369 g/mol. The lowest BCUT2D eigenvalue weighted by atomic mass is 9.99. The number of alkyl carbamates (subject to hydrolysis) is 1. The summed E-state index contributed by atoms with van der Waals surface area (Å²) in [4.78, 5) is 16.4. The van der Waals surface area contributed by atoms with Crippen molar-refractivity contribution in [2.45, 2.75) is 18.4 Å². The van der Waals surface area contributed by atoms with Crippen molar-refractivity contribution < 1.29 is 35.9 Å². The van der Waals surface area contributed by atoms with E-state index in [4.69, 9.17) is 0 Å². The highest BCUT2D eigenvalue weighted by Gasteiger charge is 2.38. The molecule has 1 aromatic carbocycles. The Morgan fingerprint density at radius 3 is 2.12 bits per heavy atom. The molecule has 0 spiro atoms. The fourth-order valence-corrected chi connectivity index (χ4v) is 2.32. The molecule has 0 saturated heterocycles. The molecule has 1 N–H and O–H groups in total. The Hall–Kier alpha value is -2.46. The number of rotatable bonds is 1. The van der Waals surface area contributed by atoms with Gasteiger partial charge in [0.05, 0.1) is 30.8 Å². The maximum Gasteiger partial charge on any atom is 0.416 e. The van der Waals surface area contributed by atoms with Gasteiger partial charge in [-0.15, -0.1) is 0 Å². The number of guanidine groups is 1. The summed E-state index contributed by atoms with van der Waals surface area (Å²) in [5.41, 5.74) is -3.02. The van der Waals surface area contributed by atoms with Crippen LogP contribution in [0, 0.1) is 0 Å². The van der Waals surface area contributed by atoms with E-state index < -0.39 is 35.6 Å². The minimum atomic E-state index is -4.93. The first-order chi connectivity index (χ1) is 11.4. The molecule has 0 bridgehead atoms. The number of likely N-dealkylation sites (N-methyl/N-ethyl adjacent to an activating group) is 1. The molecule has 0 aliphatic carbocycles. The van der Waals surface area contributed by atoms with Gasteiger partial charge in [0, 0.05) is 7.05 Å². The van der Waals surface area contributed by atoms with Gasteiger partial charge in [0.2, 0.25) is 5.96 Å². The van der Waals surface area contributed by atoms with Gasteiger partial charge in [0.15, 0.2) is 0 Å². The van der Waals surface area contributed by atoms with Crippen LogP contribution in [0.15, 0.2) is 23.2 Å². The number of carbonyl (C=O) groups excluding carboxylic acids is 1. The minimum absolute atomic E-state index is 0.0113. The molecular formula is C14H13F6N3O2. The van der Waals surface area contributed by atoms with Crippen LogP contribution in [0.25, 0.3) is 0 Å². The van der Waals surface area contributed by atoms with Gasteiger partial charge >= 0.3 is 18.4 Å². The van der Waals surface area contributed by atoms with E-state index in [1.54, 1.807) is 0 Å². The van der Waals surface area contributed by atoms with Gasteiger partial charge in [-0.2, -0.15) is 26.3 Å². The molecule has 1 amide bonds. The molecule has 1 aliphatic rings. The van der Waals surface area contributed by atoms with Crippen molar-refractivity contribution in [3.05, 3.63) is 34.9 Å². The molecule has 1 unspecified atom stereocenters. The monoisotopic (exact) mass is 369 g/mol. The Balaban J connectivity index is 2.38. The fraction of sp³-hybridized carbons (Fsp3) is 0.429. The van der Waals surface area contributed by atoms with Gasteiger partial charge in [-0.3, -0.25) is 10.3 Å². The van der Waals surface area contributed by atoms with Crippen molar-refractivity contribution in [2.24, 2.45) is 4.99 Å². The van der Waals surface area contributed by atoms with E-state index in [0.29, 0.717) is 12.1 Å². The predicted octanol–water partition coefficient (Wildman–Crippen LogP) is 3.42. The third-order valence-electron chi connectivity index (χ3n) is 3.61. The van der Waals surface area contributed by atoms with E-state index in [0.717, 1.165) is 7.11 Å². The zero-order valence-electron chi connectivity index (χ0n) is 13.0. The summed E-state index contributed by atoms with van der Waals surface area (Å²) in [6.07, 6.45) is -10.7. The van der Waals surface area contributed by atoms with Crippen LogP contribution in [-0.2, 0) is 17.1 Å². The van der Waals surface area contributed by atoms with Crippen molar-refractivity contribution in [2.75, 3.05) is 20.7 Å². The highest BCUT2D eigenvalue weighted by molar-refractivity contribution is 5.94. The molecule has 2 rings (SSSR count). The first kappa shape index (κ1) is 18.9.